The fourth-order valence-electron chi connectivity index (χ4n) is 2.19. The topological polar surface area (TPSA) is 0 Å². The van der Waals surface area contributed by atoms with E-state index in [4.69, 9.17) is 12.6 Å². The largest absolute Gasteiger partial charge is 0.0801 e. The average molecular weight is 261 g/mol. The Morgan fingerprint density at radius 2 is 0.895 bits per heavy atom. The maximum absolute atomic E-state index is 5.39. The second-order valence-corrected chi connectivity index (χ2v) is 4.95. The van der Waals surface area contributed by atoms with E-state index in [-0.39, 0.29) is 0 Å². The van der Waals surface area contributed by atoms with Gasteiger partial charge in [0.2, 0.25) is 0 Å². The van der Waals surface area contributed by atoms with Gasteiger partial charge in [-0.25, -0.2) is 0 Å². The lowest BCUT2D eigenvalue weighted by atomic mass is 9.99. The Kier molecular flexibility index (Phi) is 3.30. The Balaban J connectivity index is 2.12. The summed E-state index contributed by atoms with van der Waals surface area (Å²) in [5, 5.41) is 0. The van der Waals surface area contributed by atoms with Crippen molar-refractivity contribution in [1.29, 1.82) is 0 Å². The molecule has 0 saturated heterocycles. The second kappa shape index (κ2) is 5.25. The SMILES string of the molecule is [S]c1cc(-c2ccccc2)cc(-c2ccccc2)c1. The molecule has 3 rings (SSSR count). The molecular formula is C18H13S. The summed E-state index contributed by atoms with van der Waals surface area (Å²) in [4.78, 5) is 0.875. The minimum atomic E-state index is 0.875. The van der Waals surface area contributed by atoms with Gasteiger partial charge in [-0.2, -0.15) is 0 Å². The van der Waals surface area contributed by atoms with Crippen LogP contribution in [0.2, 0.25) is 0 Å². The lowest BCUT2D eigenvalue weighted by Crippen LogP contribution is -1.82. The molecule has 0 spiro atoms. The van der Waals surface area contributed by atoms with Crippen molar-refractivity contribution in [3.05, 3.63) is 78.9 Å². The highest BCUT2D eigenvalue weighted by atomic mass is 32.1. The highest BCUT2D eigenvalue weighted by molar-refractivity contribution is 7.80. The summed E-state index contributed by atoms with van der Waals surface area (Å²) in [7, 11) is 0. The van der Waals surface area contributed by atoms with Gasteiger partial charge in [0.05, 0.1) is 0 Å². The molecule has 0 nitrogen and oxygen atoms in total. The van der Waals surface area contributed by atoms with Crippen LogP contribution in [-0.2, 0) is 0 Å². The molecule has 0 unspecified atom stereocenters. The van der Waals surface area contributed by atoms with Crippen molar-refractivity contribution in [2.24, 2.45) is 0 Å². The number of rotatable bonds is 2. The molecule has 0 atom stereocenters. The molecule has 0 fully saturated rings. The predicted molar refractivity (Wildman–Crippen MR) is 83.2 cm³/mol. The highest BCUT2D eigenvalue weighted by Gasteiger charge is 2.03. The molecule has 0 saturated carbocycles. The highest BCUT2D eigenvalue weighted by Crippen LogP contribution is 2.29. The van der Waals surface area contributed by atoms with E-state index in [9.17, 15) is 0 Å². The standard InChI is InChI=1S/C18H13S/c19-18-12-16(14-7-3-1-4-8-14)11-17(13-18)15-9-5-2-6-10-15/h1-13H. The molecule has 0 aliphatic heterocycles. The molecule has 0 aliphatic rings. The summed E-state index contributed by atoms with van der Waals surface area (Å²) in [5.74, 6) is 0. The fraction of sp³-hybridized carbons (Fsp3) is 0. The fourth-order valence-corrected chi connectivity index (χ4v) is 2.45. The van der Waals surface area contributed by atoms with Gasteiger partial charge in [0.15, 0.2) is 0 Å². The first-order chi connectivity index (χ1) is 9.33. The van der Waals surface area contributed by atoms with Gasteiger partial charge in [0.1, 0.15) is 0 Å². The number of hydrogen-bond donors (Lipinski definition) is 0. The van der Waals surface area contributed by atoms with Gasteiger partial charge in [-0.15, -0.1) is 0 Å². The molecule has 3 aromatic rings. The molecule has 3 aromatic carbocycles. The Bertz CT molecular complexity index is 615. The van der Waals surface area contributed by atoms with Gasteiger partial charge in [0, 0.05) is 4.90 Å². The minimum absolute atomic E-state index is 0.875. The lowest BCUT2D eigenvalue weighted by molar-refractivity contribution is 1.46. The maximum atomic E-state index is 5.39. The maximum Gasteiger partial charge on any atom is 0.0389 e. The van der Waals surface area contributed by atoms with E-state index in [0.717, 1.165) is 4.90 Å². The van der Waals surface area contributed by atoms with E-state index in [1.54, 1.807) is 0 Å². The van der Waals surface area contributed by atoms with E-state index in [2.05, 4.69) is 42.5 Å². The van der Waals surface area contributed by atoms with Gasteiger partial charge >= 0.3 is 0 Å². The normalized spacial score (nSPS) is 10.3. The van der Waals surface area contributed by atoms with Crippen LogP contribution >= 0.6 is 12.6 Å². The summed E-state index contributed by atoms with van der Waals surface area (Å²) in [5.41, 5.74) is 4.75. The lowest BCUT2D eigenvalue weighted by Gasteiger charge is -2.07. The zero-order valence-corrected chi connectivity index (χ0v) is 11.2. The molecule has 0 bridgehead atoms. The van der Waals surface area contributed by atoms with Crippen LogP contribution in [0.5, 0.6) is 0 Å². The van der Waals surface area contributed by atoms with E-state index in [0.29, 0.717) is 0 Å². The predicted octanol–water partition coefficient (Wildman–Crippen LogP) is 5.58. The molecule has 0 aliphatic carbocycles. The first-order valence-corrected chi connectivity index (χ1v) is 6.67. The third kappa shape index (κ3) is 2.67. The Hall–Kier alpha value is -2.12. The molecular weight excluding hydrogens is 248 g/mol. The smallest absolute Gasteiger partial charge is 0.0389 e. The van der Waals surface area contributed by atoms with Crippen LogP contribution in [0.3, 0.4) is 0 Å². The van der Waals surface area contributed by atoms with Crippen molar-refractivity contribution in [1.82, 2.24) is 0 Å². The quantitative estimate of drug-likeness (QED) is 0.565. The van der Waals surface area contributed by atoms with Crippen LogP contribution < -0.4 is 0 Å². The van der Waals surface area contributed by atoms with Gasteiger partial charge in [-0.05, 0) is 40.5 Å². The van der Waals surface area contributed by atoms with Crippen LogP contribution in [0.4, 0.5) is 0 Å². The van der Waals surface area contributed by atoms with Gasteiger partial charge < -0.3 is 0 Å². The first kappa shape index (κ1) is 11.9. The van der Waals surface area contributed by atoms with Gasteiger partial charge in [0.25, 0.3) is 0 Å². The first-order valence-electron chi connectivity index (χ1n) is 6.26. The second-order valence-electron chi connectivity index (χ2n) is 4.48. The van der Waals surface area contributed by atoms with E-state index in [1.807, 2.05) is 36.4 Å². The zero-order chi connectivity index (χ0) is 13.1. The molecule has 19 heavy (non-hydrogen) atoms. The van der Waals surface area contributed by atoms with Gasteiger partial charge in [-0.3, -0.25) is 0 Å². The number of hydrogen-bond acceptors (Lipinski definition) is 0. The van der Waals surface area contributed by atoms with Gasteiger partial charge in [-0.1, -0.05) is 73.3 Å². The van der Waals surface area contributed by atoms with Crippen LogP contribution in [-0.4, -0.2) is 0 Å². The Morgan fingerprint density at radius 1 is 0.474 bits per heavy atom. The zero-order valence-electron chi connectivity index (χ0n) is 10.4. The molecule has 1 heteroatoms. The van der Waals surface area contributed by atoms with E-state index < -0.39 is 0 Å². The van der Waals surface area contributed by atoms with Crippen molar-refractivity contribution >= 4 is 12.6 Å². The van der Waals surface area contributed by atoms with Crippen molar-refractivity contribution in [3.8, 4) is 22.3 Å². The Morgan fingerprint density at radius 3 is 1.32 bits per heavy atom. The number of benzene rings is 3. The van der Waals surface area contributed by atoms with Crippen LogP contribution in [0.25, 0.3) is 22.3 Å². The Labute approximate surface area is 119 Å². The van der Waals surface area contributed by atoms with Crippen molar-refractivity contribution in [3.63, 3.8) is 0 Å². The summed E-state index contributed by atoms with van der Waals surface area (Å²) >= 11 is 5.39. The van der Waals surface area contributed by atoms with Crippen LogP contribution in [0.15, 0.2) is 83.8 Å². The molecule has 1 radical (unpaired) electrons. The van der Waals surface area contributed by atoms with E-state index in [1.165, 1.54) is 22.3 Å². The molecule has 91 valence electrons. The monoisotopic (exact) mass is 261 g/mol. The van der Waals surface area contributed by atoms with Crippen molar-refractivity contribution in [2.75, 3.05) is 0 Å². The molecule has 0 amide bonds. The summed E-state index contributed by atoms with van der Waals surface area (Å²) < 4.78 is 0. The van der Waals surface area contributed by atoms with Crippen molar-refractivity contribution < 1.29 is 0 Å². The molecule has 0 aromatic heterocycles. The van der Waals surface area contributed by atoms with E-state index >= 15 is 0 Å². The average Bonchev–Trinajstić information content (AvgIpc) is 2.48. The summed E-state index contributed by atoms with van der Waals surface area (Å²) in [6, 6.07) is 27.0. The molecule has 0 heterocycles. The molecule has 0 N–H and O–H groups in total. The third-order valence-electron chi connectivity index (χ3n) is 3.12. The minimum Gasteiger partial charge on any atom is -0.0801 e. The summed E-state index contributed by atoms with van der Waals surface area (Å²) in [6.07, 6.45) is 0. The van der Waals surface area contributed by atoms with Crippen LogP contribution in [0.1, 0.15) is 0 Å². The van der Waals surface area contributed by atoms with Crippen molar-refractivity contribution in [2.45, 2.75) is 4.90 Å². The summed E-state index contributed by atoms with van der Waals surface area (Å²) in [6.45, 7) is 0. The third-order valence-corrected chi connectivity index (χ3v) is 3.36. The van der Waals surface area contributed by atoms with Crippen LogP contribution in [0, 0.1) is 0 Å².